The van der Waals surface area contributed by atoms with Crippen molar-refractivity contribution in [2.45, 2.75) is 96.6 Å². The summed E-state index contributed by atoms with van der Waals surface area (Å²) in [6, 6.07) is 0. The van der Waals surface area contributed by atoms with Gasteiger partial charge in [0.1, 0.15) is 0 Å². The Labute approximate surface area is 174 Å². The Kier molecular flexibility index (Phi) is 10.0. The van der Waals surface area contributed by atoms with Crippen LogP contribution in [0.4, 0.5) is 0 Å². The molecule has 2 N–H and O–H groups in total. The van der Waals surface area contributed by atoms with E-state index in [2.05, 4.69) is 65.7 Å². The van der Waals surface area contributed by atoms with Gasteiger partial charge < -0.3 is 10.6 Å². The van der Waals surface area contributed by atoms with Gasteiger partial charge in [-0.15, -0.1) is 6.58 Å². The zero-order chi connectivity index (χ0) is 21.5. The molecule has 0 aromatic carbocycles. The number of hydrogen-bond acceptors (Lipinski definition) is 4. The summed E-state index contributed by atoms with van der Waals surface area (Å²) < 4.78 is -0.0795. The lowest BCUT2D eigenvalue weighted by atomic mass is 9.82. The van der Waals surface area contributed by atoms with Crippen molar-refractivity contribution in [3.05, 3.63) is 12.7 Å². The highest BCUT2D eigenvalue weighted by atomic mass is 33.1. The molecule has 2 amide bonds. The van der Waals surface area contributed by atoms with E-state index in [1.807, 2.05) is 27.7 Å². The van der Waals surface area contributed by atoms with Crippen molar-refractivity contribution in [3.63, 3.8) is 0 Å². The zero-order valence-corrected chi connectivity index (χ0v) is 20.4. The van der Waals surface area contributed by atoms with Crippen LogP contribution >= 0.6 is 21.6 Å². The molecule has 6 heteroatoms. The van der Waals surface area contributed by atoms with E-state index in [1.165, 1.54) is 0 Å². The molecule has 2 atom stereocenters. The quantitative estimate of drug-likeness (QED) is 0.333. The van der Waals surface area contributed by atoms with Crippen LogP contribution in [0.25, 0.3) is 0 Å². The molecular weight excluding hydrogens is 376 g/mol. The van der Waals surface area contributed by atoms with Gasteiger partial charge in [0.05, 0.1) is 0 Å². The monoisotopic (exact) mass is 416 g/mol. The van der Waals surface area contributed by atoms with Gasteiger partial charge in [-0.25, -0.2) is 0 Å². The molecule has 0 saturated carbocycles. The van der Waals surface area contributed by atoms with Gasteiger partial charge >= 0.3 is 0 Å². The standard InChI is InChI=1S/C21H40N2O2S2/c1-11-20(9,13-18(5,6)15-22-16(3)24)26-27-21(10,12-2)14-19(7,8)23-17(4)25/h12H,2,11,13-15H2,1,3-10H3,(H,22,24)(H,23,25). The maximum absolute atomic E-state index is 11.5. The first-order valence-electron chi connectivity index (χ1n) is 9.61. The van der Waals surface area contributed by atoms with Gasteiger partial charge in [-0.1, -0.05) is 48.4 Å². The Balaban J connectivity index is 5.08. The van der Waals surface area contributed by atoms with E-state index in [0.29, 0.717) is 6.54 Å². The zero-order valence-electron chi connectivity index (χ0n) is 18.7. The van der Waals surface area contributed by atoms with Crippen LogP contribution in [0.5, 0.6) is 0 Å². The molecule has 0 aliphatic heterocycles. The van der Waals surface area contributed by atoms with Crippen molar-refractivity contribution < 1.29 is 9.59 Å². The van der Waals surface area contributed by atoms with Gasteiger partial charge in [-0.2, -0.15) is 0 Å². The van der Waals surface area contributed by atoms with E-state index in [1.54, 1.807) is 13.8 Å². The van der Waals surface area contributed by atoms with E-state index in [4.69, 9.17) is 0 Å². The lowest BCUT2D eigenvalue weighted by molar-refractivity contribution is -0.121. The second-order valence-electron chi connectivity index (χ2n) is 9.48. The molecule has 0 aromatic heterocycles. The molecule has 27 heavy (non-hydrogen) atoms. The van der Waals surface area contributed by atoms with Gasteiger partial charge in [0.25, 0.3) is 0 Å². The molecular formula is C21H40N2O2S2. The maximum atomic E-state index is 11.5. The SMILES string of the molecule is C=CC(C)(CC(C)(C)NC(C)=O)SSC(C)(CC)CC(C)(C)CNC(C)=O. The van der Waals surface area contributed by atoms with E-state index < -0.39 is 0 Å². The van der Waals surface area contributed by atoms with Gasteiger partial charge in [-0.3, -0.25) is 9.59 Å². The molecule has 0 heterocycles. The van der Waals surface area contributed by atoms with Crippen molar-refractivity contribution >= 4 is 33.4 Å². The van der Waals surface area contributed by atoms with Crippen molar-refractivity contribution in [1.29, 1.82) is 0 Å². The molecule has 0 radical (unpaired) electrons. The summed E-state index contributed by atoms with van der Waals surface area (Å²) in [5.41, 5.74) is -0.278. The first kappa shape index (κ1) is 26.4. The number of hydrogen-bond donors (Lipinski definition) is 2. The van der Waals surface area contributed by atoms with Crippen LogP contribution in [-0.4, -0.2) is 33.4 Å². The van der Waals surface area contributed by atoms with Crippen molar-refractivity contribution in [2.24, 2.45) is 5.41 Å². The summed E-state index contributed by atoms with van der Waals surface area (Å²) in [6.07, 6.45) is 4.83. The highest BCUT2D eigenvalue weighted by Crippen LogP contribution is 2.51. The minimum Gasteiger partial charge on any atom is -0.356 e. The molecule has 0 aliphatic rings. The Morgan fingerprint density at radius 1 is 0.963 bits per heavy atom. The molecule has 0 aliphatic carbocycles. The van der Waals surface area contributed by atoms with Crippen LogP contribution < -0.4 is 10.6 Å². The minimum absolute atomic E-state index is 0.0119. The topological polar surface area (TPSA) is 58.2 Å². The number of carbonyl (C=O) groups is 2. The average molecular weight is 417 g/mol. The van der Waals surface area contributed by atoms with E-state index in [-0.39, 0.29) is 32.3 Å². The molecule has 2 unspecified atom stereocenters. The fourth-order valence-electron chi connectivity index (χ4n) is 3.38. The molecule has 0 bridgehead atoms. The fraction of sp³-hybridized carbons (Fsp3) is 0.810. The molecule has 0 aromatic rings. The Morgan fingerprint density at radius 2 is 1.52 bits per heavy atom. The van der Waals surface area contributed by atoms with Crippen LogP contribution in [0.15, 0.2) is 12.7 Å². The van der Waals surface area contributed by atoms with Crippen LogP contribution in [0.1, 0.15) is 81.6 Å². The summed E-state index contributed by atoms with van der Waals surface area (Å²) in [5.74, 6) is 0.00456. The smallest absolute Gasteiger partial charge is 0.217 e. The van der Waals surface area contributed by atoms with Crippen LogP contribution in [0.3, 0.4) is 0 Å². The van der Waals surface area contributed by atoms with Crippen LogP contribution in [-0.2, 0) is 9.59 Å². The molecule has 158 valence electrons. The molecule has 0 saturated heterocycles. The predicted octanol–water partition coefficient (Wildman–Crippen LogP) is 5.34. The van der Waals surface area contributed by atoms with Gasteiger partial charge in [-0.05, 0) is 52.4 Å². The average Bonchev–Trinajstić information content (AvgIpc) is 2.49. The van der Waals surface area contributed by atoms with Gasteiger partial charge in [0.2, 0.25) is 11.8 Å². The number of amides is 2. The van der Waals surface area contributed by atoms with Crippen molar-refractivity contribution in [1.82, 2.24) is 10.6 Å². The molecule has 0 rings (SSSR count). The summed E-state index contributed by atoms with van der Waals surface area (Å²) in [7, 11) is 3.73. The number of rotatable bonds is 12. The van der Waals surface area contributed by atoms with Crippen molar-refractivity contribution in [3.8, 4) is 0 Å². The maximum Gasteiger partial charge on any atom is 0.217 e. The third-order valence-corrected chi connectivity index (χ3v) is 8.80. The number of nitrogens with one attached hydrogen (secondary N) is 2. The van der Waals surface area contributed by atoms with Gasteiger partial charge in [0, 0.05) is 35.4 Å². The molecule has 4 nitrogen and oxygen atoms in total. The molecule has 0 spiro atoms. The first-order valence-corrected chi connectivity index (χ1v) is 11.8. The predicted molar refractivity (Wildman–Crippen MR) is 122 cm³/mol. The van der Waals surface area contributed by atoms with E-state index in [0.717, 1.165) is 19.3 Å². The Hall–Kier alpha value is -0.620. The highest BCUT2D eigenvalue weighted by Gasteiger charge is 2.37. The Bertz CT molecular complexity index is 534. The fourth-order valence-corrected chi connectivity index (χ4v) is 6.91. The largest absolute Gasteiger partial charge is 0.356 e. The van der Waals surface area contributed by atoms with Crippen LogP contribution in [0.2, 0.25) is 0 Å². The Morgan fingerprint density at radius 3 is 1.93 bits per heavy atom. The lowest BCUT2D eigenvalue weighted by Crippen LogP contribution is -2.46. The summed E-state index contributed by atoms with van der Waals surface area (Å²) in [5, 5.41) is 5.99. The minimum atomic E-state index is -0.296. The molecule has 0 fully saturated rings. The lowest BCUT2D eigenvalue weighted by Gasteiger charge is -2.40. The van der Waals surface area contributed by atoms with E-state index >= 15 is 0 Å². The number of carbonyl (C=O) groups excluding carboxylic acids is 2. The van der Waals surface area contributed by atoms with Gasteiger partial charge in [0.15, 0.2) is 0 Å². The second-order valence-corrected chi connectivity index (χ2v) is 12.7. The third kappa shape index (κ3) is 11.1. The summed E-state index contributed by atoms with van der Waals surface area (Å²) in [4.78, 5) is 22.8. The third-order valence-electron chi connectivity index (χ3n) is 4.59. The van der Waals surface area contributed by atoms with Crippen LogP contribution in [0, 0.1) is 5.41 Å². The highest BCUT2D eigenvalue weighted by molar-refractivity contribution is 8.77. The van der Waals surface area contributed by atoms with Crippen molar-refractivity contribution in [2.75, 3.05) is 6.54 Å². The second kappa shape index (κ2) is 10.2. The summed E-state index contributed by atoms with van der Waals surface area (Å²) >= 11 is 0. The normalized spacial score (nSPS) is 16.8. The summed E-state index contributed by atoms with van der Waals surface area (Å²) in [6.45, 7) is 23.0. The first-order chi connectivity index (χ1) is 12.1. The van der Waals surface area contributed by atoms with E-state index in [9.17, 15) is 9.59 Å².